The second-order valence-electron chi connectivity index (χ2n) is 5.43. The van der Waals surface area contributed by atoms with Gasteiger partial charge in [0.15, 0.2) is 16.6 Å². The number of aromatic nitrogens is 1. The molecule has 0 aliphatic rings. The molecule has 0 amide bonds. The normalized spacial score (nSPS) is 10.6. The molecule has 3 aromatic rings. The minimum Gasteiger partial charge on any atom is -0.490 e. The highest BCUT2D eigenvalue weighted by molar-refractivity contribution is 7.13. The summed E-state index contributed by atoms with van der Waals surface area (Å²) >= 11 is 13.7. The molecule has 4 nitrogen and oxygen atoms in total. The predicted octanol–water partition coefficient (Wildman–Crippen LogP) is 6.04. The Morgan fingerprint density at radius 3 is 2.69 bits per heavy atom. The van der Waals surface area contributed by atoms with Gasteiger partial charge in [0.05, 0.1) is 6.61 Å². The average Bonchev–Trinajstić information content (AvgIpc) is 3.14. The van der Waals surface area contributed by atoms with Gasteiger partial charge >= 0.3 is 0 Å². The molecule has 3 rings (SSSR count). The molecule has 0 spiro atoms. The van der Waals surface area contributed by atoms with Crippen molar-refractivity contribution in [3.63, 3.8) is 0 Å². The van der Waals surface area contributed by atoms with Crippen LogP contribution in [-0.2, 0) is 13.2 Å². The van der Waals surface area contributed by atoms with E-state index in [1.54, 1.807) is 29.7 Å². The maximum Gasteiger partial charge on any atom is 0.182 e. The lowest BCUT2D eigenvalue weighted by Gasteiger charge is -2.14. The molecule has 0 saturated carbocycles. The minimum absolute atomic E-state index is 0.340. The van der Waals surface area contributed by atoms with Crippen LogP contribution in [0.1, 0.15) is 18.1 Å². The van der Waals surface area contributed by atoms with Crippen molar-refractivity contribution in [3.8, 4) is 11.5 Å². The fourth-order valence-electron chi connectivity index (χ4n) is 2.33. The van der Waals surface area contributed by atoms with Crippen LogP contribution in [0, 0.1) is 0 Å². The molecule has 1 N–H and O–H groups in total. The number of anilines is 1. The van der Waals surface area contributed by atoms with Gasteiger partial charge in [0, 0.05) is 33.7 Å². The van der Waals surface area contributed by atoms with Gasteiger partial charge in [-0.25, -0.2) is 4.98 Å². The molecule has 1 aromatic heterocycles. The maximum atomic E-state index is 6.20. The van der Waals surface area contributed by atoms with E-state index < -0.39 is 0 Å². The Hall–Kier alpha value is -1.95. The van der Waals surface area contributed by atoms with Crippen LogP contribution in [0.5, 0.6) is 11.5 Å². The molecule has 1 heterocycles. The number of benzene rings is 2. The number of hydrogen-bond acceptors (Lipinski definition) is 5. The van der Waals surface area contributed by atoms with E-state index in [1.165, 1.54) is 0 Å². The summed E-state index contributed by atoms with van der Waals surface area (Å²) < 4.78 is 11.7. The zero-order valence-electron chi connectivity index (χ0n) is 14.2. The monoisotopic (exact) mass is 408 g/mol. The second-order valence-corrected chi connectivity index (χ2v) is 7.17. The van der Waals surface area contributed by atoms with Gasteiger partial charge in [-0.05, 0) is 36.8 Å². The number of nitrogens with zero attached hydrogens (tertiary/aromatic N) is 1. The first-order valence-corrected chi connectivity index (χ1v) is 9.75. The van der Waals surface area contributed by atoms with Crippen molar-refractivity contribution in [1.82, 2.24) is 4.98 Å². The molecule has 0 radical (unpaired) electrons. The van der Waals surface area contributed by atoms with Gasteiger partial charge in [-0.15, -0.1) is 11.3 Å². The van der Waals surface area contributed by atoms with E-state index in [0.717, 1.165) is 16.3 Å². The summed E-state index contributed by atoms with van der Waals surface area (Å²) in [6.07, 6.45) is 1.78. The molecule has 2 aromatic carbocycles. The maximum absolute atomic E-state index is 6.20. The van der Waals surface area contributed by atoms with Crippen molar-refractivity contribution in [3.05, 3.63) is 69.1 Å². The third-order valence-corrected chi connectivity index (χ3v) is 4.90. The molecule has 0 atom stereocenters. The topological polar surface area (TPSA) is 43.4 Å². The van der Waals surface area contributed by atoms with Crippen LogP contribution >= 0.6 is 34.5 Å². The van der Waals surface area contributed by atoms with Crippen LogP contribution in [0.4, 0.5) is 5.13 Å². The Morgan fingerprint density at radius 2 is 1.96 bits per heavy atom. The number of halogens is 2. The highest BCUT2D eigenvalue weighted by Gasteiger charge is 2.09. The largest absolute Gasteiger partial charge is 0.490 e. The Morgan fingerprint density at radius 1 is 1.08 bits per heavy atom. The second kappa shape index (κ2) is 9.12. The first kappa shape index (κ1) is 18.8. The molecule has 0 unspecified atom stereocenters. The van der Waals surface area contributed by atoms with Gasteiger partial charge in [0.25, 0.3) is 0 Å². The SMILES string of the molecule is CCOc1cc(CNc2nccs2)ccc1OCc1ccc(Cl)cc1Cl. The summed E-state index contributed by atoms with van der Waals surface area (Å²) in [5, 5.41) is 7.29. The van der Waals surface area contributed by atoms with Crippen LogP contribution in [0.2, 0.25) is 10.0 Å². The van der Waals surface area contributed by atoms with E-state index in [2.05, 4.69) is 10.3 Å². The summed E-state index contributed by atoms with van der Waals surface area (Å²) in [4.78, 5) is 4.21. The van der Waals surface area contributed by atoms with Crippen LogP contribution in [0.25, 0.3) is 0 Å². The quantitative estimate of drug-likeness (QED) is 0.493. The molecule has 0 bridgehead atoms. The summed E-state index contributed by atoms with van der Waals surface area (Å²) in [6, 6.07) is 11.2. The van der Waals surface area contributed by atoms with Crippen molar-refractivity contribution in [2.24, 2.45) is 0 Å². The van der Waals surface area contributed by atoms with Gasteiger partial charge in [-0.3, -0.25) is 0 Å². The van der Waals surface area contributed by atoms with Crippen LogP contribution in [0.15, 0.2) is 48.0 Å². The van der Waals surface area contributed by atoms with Crippen molar-refractivity contribution in [2.45, 2.75) is 20.1 Å². The Kier molecular flexibility index (Phi) is 6.61. The molecule has 136 valence electrons. The van der Waals surface area contributed by atoms with Crippen LogP contribution < -0.4 is 14.8 Å². The minimum atomic E-state index is 0.340. The smallest absolute Gasteiger partial charge is 0.182 e. The highest BCUT2D eigenvalue weighted by atomic mass is 35.5. The lowest BCUT2D eigenvalue weighted by Crippen LogP contribution is -2.03. The third-order valence-electron chi connectivity index (χ3n) is 3.58. The zero-order valence-corrected chi connectivity index (χ0v) is 16.5. The van der Waals surface area contributed by atoms with Crippen molar-refractivity contribution < 1.29 is 9.47 Å². The van der Waals surface area contributed by atoms with Crippen LogP contribution in [0.3, 0.4) is 0 Å². The van der Waals surface area contributed by atoms with Gasteiger partial charge in [0.1, 0.15) is 6.61 Å². The Balaban J connectivity index is 1.69. The molecule has 0 saturated heterocycles. The van der Waals surface area contributed by atoms with E-state index in [-0.39, 0.29) is 0 Å². The van der Waals surface area contributed by atoms with E-state index in [0.29, 0.717) is 41.3 Å². The number of thiazole rings is 1. The first-order chi connectivity index (χ1) is 12.7. The fourth-order valence-corrected chi connectivity index (χ4v) is 3.32. The van der Waals surface area contributed by atoms with E-state index in [4.69, 9.17) is 32.7 Å². The van der Waals surface area contributed by atoms with E-state index in [9.17, 15) is 0 Å². The van der Waals surface area contributed by atoms with Gasteiger partial charge in [0.2, 0.25) is 0 Å². The first-order valence-electron chi connectivity index (χ1n) is 8.11. The predicted molar refractivity (Wildman–Crippen MR) is 108 cm³/mol. The summed E-state index contributed by atoms with van der Waals surface area (Å²) in [6.45, 7) is 3.51. The molecule has 0 fully saturated rings. The van der Waals surface area contributed by atoms with Gasteiger partial charge < -0.3 is 14.8 Å². The standard InChI is InChI=1S/C19H18Cl2N2O2S/c1-2-24-18-9-13(11-23-19-22-7-8-26-19)3-6-17(18)25-12-14-4-5-15(20)10-16(14)21/h3-10H,2,11-12H2,1H3,(H,22,23). The number of hydrogen-bond donors (Lipinski definition) is 1. The number of ether oxygens (including phenoxy) is 2. The molecular formula is C19H18Cl2N2O2S. The number of rotatable bonds is 8. The van der Waals surface area contributed by atoms with E-state index >= 15 is 0 Å². The summed E-state index contributed by atoms with van der Waals surface area (Å²) in [7, 11) is 0. The van der Waals surface area contributed by atoms with Crippen molar-refractivity contribution in [2.75, 3.05) is 11.9 Å². The summed E-state index contributed by atoms with van der Waals surface area (Å²) in [5.74, 6) is 1.38. The molecular weight excluding hydrogens is 391 g/mol. The fraction of sp³-hybridized carbons (Fsp3) is 0.211. The molecule has 7 heteroatoms. The van der Waals surface area contributed by atoms with Crippen LogP contribution in [-0.4, -0.2) is 11.6 Å². The zero-order chi connectivity index (χ0) is 18.4. The molecule has 0 aliphatic heterocycles. The summed E-state index contributed by atoms with van der Waals surface area (Å²) in [5.41, 5.74) is 1.95. The Labute approximate surface area is 166 Å². The van der Waals surface area contributed by atoms with E-state index in [1.807, 2.05) is 36.6 Å². The highest BCUT2D eigenvalue weighted by Crippen LogP contribution is 2.31. The van der Waals surface area contributed by atoms with Crippen molar-refractivity contribution in [1.29, 1.82) is 0 Å². The van der Waals surface area contributed by atoms with Crippen molar-refractivity contribution >= 4 is 39.7 Å². The lowest BCUT2D eigenvalue weighted by atomic mass is 10.2. The Bertz CT molecular complexity index is 857. The molecule has 26 heavy (non-hydrogen) atoms. The lowest BCUT2D eigenvalue weighted by molar-refractivity contribution is 0.269. The molecule has 0 aliphatic carbocycles. The average molecular weight is 409 g/mol. The number of nitrogens with one attached hydrogen (secondary N) is 1. The third kappa shape index (κ3) is 5.04. The van der Waals surface area contributed by atoms with Gasteiger partial charge in [-0.2, -0.15) is 0 Å². The van der Waals surface area contributed by atoms with Gasteiger partial charge in [-0.1, -0.05) is 35.3 Å².